The Morgan fingerprint density at radius 2 is 1.17 bits per heavy atom. The van der Waals surface area contributed by atoms with Crippen LogP contribution >= 0.6 is 0 Å². The Balaban J connectivity index is -0.000000000833. The maximum absolute atomic E-state index is 2.14. The first kappa shape index (κ1) is 38.8. The van der Waals surface area contributed by atoms with E-state index in [4.69, 9.17) is 0 Å². The zero-order valence-corrected chi connectivity index (χ0v) is 10.9. The normalized spacial score (nSPS) is 1.33. The summed E-state index contributed by atoms with van der Waals surface area (Å²) in [6.07, 6.45) is 0. The van der Waals surface area contributed by atoms with E-state index in [0.29, 0.717) is 0 Å². The summed E-state index contributed by atoms with van der Waals surface area (Å²) < 4.78 is 0. The third kappa shape index (κ3) is 31.2. The summed E-state index contributed by atoms with van der Waals surface area (Å²) in [4.78, 5) is 0. The first-order chi connectivity index (χ1) is 1.00. The monoisotopic (exact) mass is 309 g/mol. The molecule has 6 heavy (non-hydrogen) atoms. The van der Waals surface area contributed by atoms with Gasteiger partial charge in [0.15, 0.2) is 0 Å². The molecule has 0 amide bonds. The van der Waals surface area contributed by atoms with Gasteiger partial charge in [0.2, 0.25) is 0 Å². The largest absolute Gasteiger partial charge is 0.0852 e. The van der Waals surface area contributed by atoms with E-state index < -0.39 is 0 Å². The predicted molar refractivity (Wildman–Crippen MR) is 18.5 cm³/mol. The maximum Gasteiger partial charge on any atom is 0.0852 e. The van der Waals surface area contributed by atoms with E-state index >= 15 is 0 Å². The van der Waals surface area contributed by atoms with Crippen LogP contribution in [0.15, 0.2) is 0 Å². The summed E-state index contributed by atoms with van der Waals surface area (Å²) in [5.74, 6) is 0. The fourth-order valence-electron chi connectivity index (χ4n) is 0. The number of rotatable bonds is 0. The van der Waals surface area contributed by atoms with Crippen LogP contribution in [0.4, 0.5) is 0 Å². The zero-order chi connectivity index (χ0) is 2.00. The van der Waals surface area contributed by atoms with Crippen molar-refractivity contribution in [3.05, 3.63) is 0 Å². The van der Waals surface area contributed by atoms with Crippen molar-refractivity contribution < 1.29 is 72.3 Å². The van der Waals surface area contributed by atoms with Crippen LogP contribution in [0.3, 0.4) is 0 Å². The van der Waals surface area contributed by atoms with Crippen LogP contribution in [0.2, 0.25) is 0 Å². The molecule has 0 aliphatic carbocycles. The second kappa shape index (κ2) is 50.2. The van der Waals surface area contributed by atoms with Crippen molar-refractivity contribution in [2.24, 2.45) is 0 Å². The van der Waals surface area contributed by atoms with Gasteiger partial charge in [-0.3, -0.25) is 0 Å². The molecule has 0 unspecified atom stereocenters. The topological polar surface area (TPSA) is 0 Å². The summed E-state index contributed by atoms with van der Waals surface area (Å²) in [6, 6.07) is 0. The molecule has 0 aliphatic rings. The molecule has 41 valence electrons. The molecule has 0 heterocycles. The summed E-state index contributed by atoms with van der Waals surface area (Å²) in [5.41, 5.74) is 0. The molecule has 0 fully saturated rings. The molecule has 0 nitrogen and oxygen atoms in total. The van der Waals surface area contributed by atoms with Crippen LogP contribution in [-0.2, 0) is 72.3 Å². The Bertz CT molecular complexity index is 15.5. The molecule has 0 aromatic heterocycles. The van der Waals surface area contributed by atoms with E-state index in [0.717, 1.165) is 0 Å². The fourth-order valence-corrected chi connectivity index (χ4v) is 0. The summed E-state index contributed by atoms with van der Waals surface area (Å²) in [7, 11) is 3.44. The number of hydrogen-bond donors (Lipinski definition) is 0. The first-order valence-electron chi connectivity index (χ1n) is 1.00. The standard InChI is InChI=1S/BH5Si.Co.Cr.Fe.Mo/c1-2;;;;/h1H2,2H3;;;;. The van der Waals surface area contributed by atoms with Crippen LogP contribution in [0, 0.1) is 0 Å². The van der Waals surface area contributed by atoms with Crippen molar-refractivity contribution in [1.82, 2.24) is 0 Å². The first-order valence-corrected chi connectivity index (χ1v) is 3.00. The minimum Gasteiger partial charge on any atom is -0.0304 e. The molecule has 0 aromatic rings. The Morgan fingerprint density at radius 3 is 1.17 bits per heavy atom. The quantitative estimate of drug-likeness (QED) is 0.450. The van der Waals surface area contributed by atoms with E-state index in [1.807, 2.05) is 0 Å². The second-order valence-corrected chi connectivity index (χ2v) is 0. The van der Waals surface area contributed by atoms with Crippen LogP contribution < -0.4 is 0 Å². The summed E-state index contributed by atoms with van der Waals surface area (Å²) in [5, 5.41) is 0. The van der Waals surface area contributed by atoms with Crippen LogP contribution in [-0.4, -0.2) is 17.6 Å². The molecule has 0 atom stereocenters. The molecule has 0 aromatic carbocycles. The fraction of sp³-hybridized carbons (Fsp3) is 0. The molecule has 6 heteroatoms. The Morgan fingerprint density at radius 1 is 1.17 bits per heavy atom. The smallest absolute Gasteiger partial charge is 0.0304 e. The van der Waals surface area contributed by atoms with Crippen molar-refractivity contribution in [3.8, 4) is 0 Å². The molecule has 0 saturated carbocycles. The minimum atomic E-state index is 0. The van der Waals surface area contributed by atoms with Gasteiger partial charge in [0.25, 0.3) is 0 Å². The molecule has 0 rings (SSSR count). The van der Waals surface area contributed by atoms with E-state index in [-0.39, 0.29) is 72.3 Å². The van der Waals surface area contributed by atoms with Gasteiger partial charge in [0.05, 0.1) is 7.44 Å². The average Bonchev–Trinajstić information content (AvgIpc) is 1.00. The molecule has 0 spiro atoms. The Kier molecular flexibility index (Phi) is 325. The average molecular weight is 307 g/mol. The van der Waals surface area contributed by atoms with Crippen molar-refractivity contribution >= 4 is 17.6 Å². The number of hydrogen-bond acceptors (Lipinski definition) is 0. The van der Waals surface area contributed by atoms with Gasteiger partial charge in [-0.25, -0.2) is 0 Å². The summed E-state index contributed by atoms with van der Waals surface area (Å²) in [6.45, 7) is 0. The van der Waals surface area contributed by atoms with E-state index in [2.05, 4.69) is 7.44 Å². The van der Waals surface area contributed by atoms with E-state index in [9.17, 15) is 0 Å². The van der Waals surface area contributed by atoms with Crippen molar-refractivity contribution in [1.29, 1.82) is 0 Å². The molecule has 1 radical (unpaired) electrons. The van der Waals surface area contributed by atoms with Crippen molar-refractivity contribution in [2.75, 3.05) is 0 Å². The van der Waals surface area contributed by atoms with Crippen LogP contribution in [0.5, 0.6) is 0 Å². The van der Waals surface area contributed by atoms with Gasteiger partial charge in [-0.05, 0) is 10.1 Å². The molecular formula is H5BCoCrFeMoSi. The Labute approximate surface area is 88.8 Å². The third-order valence-electron chi connectivity index (χ3n) is 0. The van der Waals surface area contributed by atoms with Gasteiger partial charge in [0.1, 0.15) is 0 Å². The minimum absolute atomic E-state index is 0. The molecule has 0 saturated heterocycles. The zero-order valence-electron chi connectivity index (χ0n) is 3.50. The van der Waals surface area contributed by atoms with Gasteiger partial charge in [-0.15, -0.1) is 0 Å². The maximum atomic E-state index is 2.14. The van der Waals surface area contributed by atoms with Gasteiger partial charge >= 0.3 is 0 Å². The van der Waals surface area contributed by atoms with Gasteiger partial charge in [-0.2, -0.15) is 0 Å². The van der Waals surface area contributed by atoms with Crippen LogP contribution in [0.25, 0.3) is 0 Å². The SMILES string of the molecule is B[SiH3].[Co].[Cr].[Fe].[Mo]. The van der Waals surface area contributed by atoms with E-state index in [1.165, 1.54) is 10.1 Å². The molecule has 0 N–H and O–H groups in total. The van der Waals surface area contributed by atoms with Crippen molar-refractivity contribution in [3.63, 3.8) is 0 Å². The molecular weight excluding hydrogens is 302 g/mol. The third-order valence-corrected chi connectivity index (χ3v) is 0. The van der Waals surface area contributed by atoms with Gasteiger partial charge < -0.3 is 0 Å². The predicted octanol–water partition coefficient (Wildman–Crippen LogP) is -2.11. The van der Waals surface area contributed by atoms with E-state index in [1.54, 1.807) is 0 Å². The van der Waals surface area contributed by atoms with Crippen molar-refractivity contribution in [2.45, 2.75) is 0 Å². The Hall–Kier alpha value is 2.53. The molecule has 0 aliphatic heterocycles. The molecule has 0 bridgehead atoms. The van der Waals surface area contributed by atoms with Gasteiger partial charge in [-0.1, -0.05) is 0 Å². The van der Waals surface area contributed by atoms with Gasteiger partial charge in [0, 0.05) is 72.3 Å². The summed E-state index contributed by atoms with van der Waals surface area (Å²) >= 11 is 0. The second-order valence-electron chi connectivity index (χ2n) is 0. The van der Waals surface area contributed by atoms with Crippen LogP contribution in [0.1, 0.15) is 0 Å².